The quantitative estimate of drug-likeness (QED) is 0.455. The highest BCUT2D eigenvalue weighted by Crippen LogP contribution is 2.26. The van der Waals surface area contributed by atoms with E-state index >= 15 is 0 Å². The number of aromatic nitrogens is 1. The second-order valence-electron chi connectivity index (χ2n) is 7.08. The fourth-order valence-electron chi connectivity index (χ4n) is 3.65. The Morgan fingerprint density at radius 2 is 1.66 bits per heavy atom. The van der Waals surface area contributed by atoms with Crippen LogP contribution in [0.2, 0.25) is 0 Å². The maximum atomic E-state index is 12.5. The molecule has 0 aliphatic rings. The Morgan fingerprint density at radius 3 is 2.41 bits per heavy atom. The number of para-hydroxylation sites is 2. The third-order valence-electron chi connectivity index (χ3n) is 5.18. The number of fused-ring (bicyclic) bond motifs is 1. The van der Waals surface area contributed by atoms with Gasteiger partial charge in [0.2, 0.25) is 5.91 Å². The molecule has 0 saturated carbocycles. The average Bonchev–Trinajstić information content (AvgIpc) is 3.16. The number of ether oxygens (including phenoxy) is 1. The van der Waals surface area contributed by atoms with E-state index in [-0.39, 0.29) is 5.91 Å². The van der Waals surface area contributed by atoms with E-state index in [1.165, 1.54) is 10.9 Å². The number of hydrogen-bond donors (Lipinski definition) is 0. The second-order valence-corrected chi connectivity index (χ2v) is 7.08. The van der Waals surface area contributed by atoms with Gasteiger partial charge in [0.25, 0.3) is 0 Å². The van der Waals surface area contributed by atoms with Crippen molar-refractivity contribution < 1.29 is 9.53 Å². The molecular weight excluding hydrogens is 360 g/mol. The zero-order chi connectivity index (χ0) is 20.2. The summed E-state index contributed by atoms with van der Waals surface area (Å²) in [5.74, 6) is 0.827. The first-order valence-electron chi connectivity index (χ1n) is 9.68. The van der Waals surface area contributed by atoms with E-state index in [1.807, 2.05) is 53.4 Å². The third kappa shape index (κ3) is 4.02. The van der Waals surface area contributed by atoms with Crippen LogP contribution in [-0.4, -0.2) is 17.6 Å². The highest BCUT2D eigenvalue weighted by molar-refractivity contribution is 5.92. The zero-order valence-electron chi connectivity index (χ0n) is 16.7. The largest absolute Gasteiger partial charge is 0.497 e. The summed E-state index contributed by atoms with van der Waals surface area (Å²) >= 11 is 0. The van der Waals surface area contributed by atoms with Crippen molar-refractivity contribution in [2.24, 2.45) is 0 Å². The SMILES string of the molecule is COc1ccc(CN(C(C)=O)c2ccccc2Cn2ccc3ccccc32)cc1. The number of benzene rings is 3. The van der Waals surface area contributed by atoms with E-state index in [0.29, 0.717) is 13.1 Å². The minimum atomic E-state index is 0.0191. The number of anilines is 1. The van der Waals surface area contributed by atoms with Crippen LogP contribution in [0.4, 0.5) is 5.69 Å². The van der Waals surface area contributed by atoms with Gasteiger partial charge in [-0.15, -0.1) is 0 Å². The lowest BCUT2D eigenvalue weighted by Crippen LogP contribution is -2.29. The Morgan fingerprint density at radius 1 is 0.931 bits per heavy atom. The summed E-state index contributed by atoms with van der Waals surface area (Å²) in [6.45, 7) is 2.84. The molecular formula is C25H24N2O2. The fourth-order valence-corrected chi connectivity index (χ4v) is 3.65. The zero-order valence-corrected chi connectivity index (χ0v) is 16.7. The summed E-state index contributed by atoms with van der Waals surface area (Å²) in [7, 11) is 1.65. The minimum absolute atomic E-state index is 0.0191. The predicted molar refractivity (Wildman–Crippen MR) is 117 cm³/mol. The summed E-state index contributed by atoms with van der Waals surface area (Å²) < 4.78 is 7.46. The van der Waals surface area contributed by atoms with E-state index in [1.54, 1.807) is 14.0 Å². The molecule has 29 heavy (non-hydrogen) atoms. The van der Waals surface area contributed by atoms with E-state index in [4.69, 9.17) is 4.74 Å². The Balaban J connectivity index is 1.66. The Hall–Kier alpha value is -3.53. The molecule has 4 heteroatoms. The van der Waals surface area contributed by atoms with Crippen molar-refractivity contribution >= 4 is 22.5 Å². The van der Waals surface area contributed by atoms with Crippen LogP contribution in [0, 0.1) is 0 Å². The molecule has 0 fully saturated rings. The molecule has 146 valence electrons. The number of hydrogen-bond acceptors (Lipinski definition) is 2. The number of nitrogens with zero attached hydrogens (tertiary/aromatic N) is 2. The first-order valence-corrected chi connectivity index (χ1v) is 9.68. The van der Waals surface area contributed by atoms with Gasteiger partial charge in [-0.1, -0.05) is 48.5 Å². The van der Waals surface area contributed by atoms with Crippen molar-refractivity contribution in [2.75, 3.05) is 12.0 Å². The van der Waals surface area contributed by atoms with E-state index in [0.717, 1.165) is 22.6 Å². The molecule has 0 unspecified atom stereocenters. The first kappa shape index (κ1) is 18.8. The van der Waals surface area contributed by atoms with Crippen molar-refractivity contribution in [1.82, 2.24) is 4.57 Å². The van der Waals surface area contributed by atoms with Gasteiger partial charge in [0.15, 0.2) is 0 Å². The third-order valence-corrected chi connectivity index (χ3v) is 5.18. The molecule has 0 spiro atoms. The van der Waals surface area contributed by atoms with Crippen LogP contribution in [0.15, 0.2) is 85.1 Å². The van der Waals surface area contributed by atoms with E-state index in [2.05, 4.69) is 41.1 Å². The van der Waals surface area contributed by atoms with Crippen LogP contribution < -0.4 is 9.64 Å². The van der Waals surface area contributed by atoms with Gasteiger partial charge in [-0.25, -0.2) is 0 Å². The van der Waals surface area contributed by atoms with Gasteiger partial charge >= 0.3 is 0 Å². The maximum Gasteiger partial charge on any atom is 0.224 e. The van der Waals surface area contributed by atoms with Gasteiger partial charge in [0.05, 0.1) is 13.7 Å². The molecule has 1 aromatic heterocycles. The molecule has 3 aromatic carbocycles. The molecule has 4 aromatic rings. The number of carbonyl (C=O) groups excluding carboxylic acids is 1. The Kier molecular flexibility index (Phi) is 5.34. The van der Waals surface area contributed by atoms with Gasteiger partial charge in [0.1, 0.15) is 5.75 Å². The molecule has 1 heterocycles. The fraction of sp³-hybridized carbons (Fsp3) is 0.160. The molecule has 0 radical (unpaired) electrons. The normalized spacial score (nSPS) is 10.8. The van der Waals surface area contributed by atoms with Crippen molar-refractivity contribution in [2.45, 2.75) is 20.0 Å². The van der Waals surface area contributed by atoms with Crippen LogP contribution in [0.25, 0.3) is 10.9 Å². The molecule has 1 amide bonds. The van der Waals surface area contributed by atoms with Crippen molar-refractivity contribution in [1.29, 1.82) is 0 Å². The number of methoxy groups -OCH3 is 1. The average molecular weight is 384 g/mol. The highest BCUT2D eigenvalue weighted by atomic mass is 16.5. The summed E-state index contributed by atoms with van der Waals surface area (Å²) in [5, 5.41) is 1.21. The van der Waals surface area contributed by atoms with Gasteiger partial charge in [-0.3, -0.25) is 4.79 Å². The number of rotatable bonds is 6. The van der Waals surface area contributed by atoms with Crippen molar-refractivity contribution in [3.63, 3.8) is 0 Å². The summed E-state index contributed by atoms with van der Waals surface area (Å²) in [6.07, 6.45) is 2.10. The molecule has 0 saturated heterocycles. The van der Waals surface area contributed by atoms with Gasteiger partial charge in [-0.05, 0) is 46.8 Å². The smallest absolute Gasteiger partial charge is 0.224 e. The lowest BCUT2D eigenvalue weighted by molar-refractivity contribution is -0.116. The molecule has 4 nitrogen and oxygen atoms in total. The Bertz CT molecular complexity index is 1130. The predicted octanol–water partition coefficient (Wildman–Crippen LogP) is 5.25. The van der Waals surface area contributed by atoms with Crippen LogP contribution >= 0.6 is 0 Å². The second kappa shape index (κ2) is 8.23. The molecule has 4 rings (SSSR count). The van der Waals surface area contributed by atoms with Crippen LogP contribution in [0.3, 0.4) is 0 Å². The molecule has 0 aliphatic heterocycles. The maximum absolute atomic E-state index is 12.5. The van der Waals surface area contributed by atoms with Gasteiger partial charge in [0, 0.05) is 30.9 Å². The van der Waals surface area contributed by atoms with E-state index in [9.17, 15) is 4.79 Å². The van der Waals surface area contributed by atoms with E-state index < -0.39 is 0 Å². The van der Waals surface area contributed by atoms with Crippen molar-refractivity contribution in [3.05, 3.63) is 96.2 Å². The number of amides is 1. The standard InChI is InChI=1S/C25H24N2O2/c1-19(28)27(17-20-11-13-23(29-2)14-12-20)25-10-6-4-8-22(25)18-26-16-15-21-7-3-5-9-24(21)26/h3-16H,17-18H2,1-2H3. The lowest BCUT2D eigenvalue weighted by atomic mass is 10.1. The lowest BCUT2D eigenvalue weighted by Gasteiger charge is -2.24. The first-order chi connectivity index (χ1) is 14.2. The monoisotopic (exact) mass is 384 g/mol. The summed E-state index contributed by atoms with van der Waals surface area (Å²) in [6, 6.07) is 26.4. The number of carbonyl (C=O) groups is 1. The molecule has 0 N–H and O–H groups in total. The van der Waals surface area contributed by atoms with Gasteiger partial charge in [-0.2, -0.15) is 0 Å². The minimum Gasteiger partial charge on any atom is -0.497 e. The molecule has 0 bridgehead atoms. The van der Waals surface area contributed by atoms with Gasteiger partial charge < -0.3 is 14.2 Å². The van der Waals surface area contributed by atoms with Crippen LogP contribution in [0.5, 0.6) is 5.75 Å². The molecule has 0 atom stereocenters. The molecule has 0 aliphatic carbocycles. The van der Waals surface area contributed by atoms with Crippen molar-refractivity contribution in [3.8, 4) is 5.75 Å². The summed E-state index contributed by atoms with van der Waals surface area (Å²) in [5.41, 5.74) is 4.29. The van der Waals surface area contributed by atoms with Crippen LogP contribution in [0.1, 0.15) is 18.1 Å². The summed E-state index contributed by atoms with van der Waals surface area (Å²) in [4.78, 5) is 14.4. The highest BCUT2D eigenvalue weighted by Gasteiger charge is 2.16. The van der Waals surface area contributed by atoms with Crippen LogP contribution in [-0.2, 0) is 17.9 Å². The topological polar surface area (TPSA) is 34.5 Å². The Labute approximate surface area is 171 Å².